The number of aromatic nitrogens is 1. The Kier molecular flexibility index (Phi) is 6.76. The number of pyridine rings is 1. The molecule has 7 nitrogen and oxygen atoms in total. The van der Waals surface area contributed by atoms with Gasteiger partial charge in [0.15, 0.2) is 0 Å². The van der Waals surface area contributed by atoms with Gasteiger partial charge < -0.3 is 9.64 Å². The Bertz CT molecular complexity index is 1240. The maximum atomic E-state index is 13.3. The molecule has 0 fully saturated rings. The molecule has 33 heavy (non-hydrogen) atoms. The molecule has 0 atom stereocenters. The molecule has 3 aromatic rings. The molecular weight excluding hydrogens is 438 g/mol. The van der Waals surface area contributed by atoms with Crippen LogP contribution in [-0.4, -0.2) is 43.2 Å². The van der Waals surface area contributed by atoms with Crippen LogP contribution in [0.15, 0.2) is 71.9 Å². The van der Waals surface area contributed by atoms with Crippen LogP contribution in [0, 0.1) is 0 Å². The van der Waals surface area contributed by atoms with Crippen LogP contribution in [0.5, 0.6) is 5.75 Å². The van der Waals surface area contributed by atoms with Gasteiger partial charge in [-0.1, -0.05) is 26.0 Å². The van der Waals surface area contributed by atoms with Gasteiger partial charge in [-0.05, 0) is 54.4 Å². The first-order chi connectivity index (χ1) is 15.9. The van der Waals surface area contributed by atoms with Gasteiger partial charge in [0.25, 0.3) is 5.91 Å². The van der Waals surface area contributed by atoms with Crippen molar-refractivity contribution in [1.29, 1.82) is 0 Å². The van der Waals surface area contributed by atoms with Crippen LogP contribution in [0.4, 0.5) is 5.69 Å². The highest BCUT2D eigenvalue weighted by Crippen LogP contribution is 2.32. The van der Waals surface area contributed by atoms with E-state index in [0.717, 1.165) is 16.8 Å². The molecule has 0 saturated carbocycles. The molecule has 0 unspecified atom stereocenters. The average molecular weight is 466 g/mol. The monoisotopic (exact) mass is 465 g/mol. The maximum Gasteiger partial charge on any atom is 0.258 e. The van der Waals surface area contributed by atoms with Gasteiger partial charge in [0.1, 0.15) is 12.4 Å². The standard InChI is InChI=1S/C25H27N3O4S/c1-3-27(4-2)33(30,31)23-10-11-24-20(16-23)12-14-28(24)25(29)21-8-5-9-22(15-21)32-18-19-7-6-13-26-17-19/h5-11,13,15-17H,3-4,12,14,18H2,1-2H3. The Hall–Kier alpha value is -3.23. The molecule has 0 spiro atoms. The van der Waals surface area contributed by atoms with E-state index >= 15 is 0 Å². The molecule has 8 heteroatoms. The summed E-state index contributed by atoms with van der Waals surface area (Å²) in [6.45, 7) is 5.35. The molecule has 1 aliphatic heterocycles. The normalized spacial score (nSPS) is 13.2. The van der Waals surface area contributed by atoms with E-state index in [9.17, 15) is 13.2 Å². The SMILES string of the molecule is CCN(CC)S(=O)(=O)c1ccc2c(c1)CCN2C(=O)c1cccc(OCc2cccnc2)c1. The lowest BCUT2D eigenvalue weighted by Gasteiger charge is -2.20. The van der Waals surface area contributed by atoms with Crippen molar-refractivity contribution in [3.8, 4) is 5.75 Å². The van der Waals surface area contributed by atoms with E-state index in [4.69, 9.17) is 4.74 Å². The molecule has 172 valence electrons. The Labute approximate surface area is 194 Å². The number of fused-ring (bicyclic) bond motifs is 1. The smallest absolute Gasteiger partial charge is 0.258 e. The zero-order chi connectivity index (χ0) is 23.4. The van der Waals surface area contributed by atoms with Gasteiger partial charge in [-0.2, -0.15) is 4.31 Å². The summed E-state index contributed by atoms with van der Waals surface area (Å²) in [6.07, 6.45) is 4.06. The molecule has 1 aromatic heterocycles. The molecular formula is C25H27N3O4S. The number of hydrogen-bond donors (Lipinski definition) is 0. The van der Waals surface area contributed by atoms with Crippen LogP contribution < -0.4 is 9.64 Å². The lowest BCUT2D eigenvalue weighted by molar-refractivity contribution is 0.0989. The van der Waals surface area contributed by atoms with Crippen molar-refractivity contribution in [3.05, 3.63) is 83.7 Å². The summed E-state index contributed by atoms with van der Waals surface area (Å²) in [7, 11) is -3.54. The van der Waals surface area contributed by atoms with Crippen molar-refractivity contribution in [1.82, 2.24) is 9.29 Å². The van der Waals surface area contributed by atoms with E-state index in [1.54, 1.807) is 53.7 Å². The first-order valence-electron chi connectivity index (χ1n) is 11.0. The Balaban J connectivity index is 1.52. The quantitative estimate of drug-likeness (QED) is 0.504. The van der Waals surface area contributed by atoms with Gasteiger partial charge in [-0.3, -0.25) is 9.78 Å². The number of carbonyl (C=O) groups excluding carboxylic acids is 1. The lowest BCUT2D eigenvalue weighted by Crippen LogP contribution is -2.30. The first-order valence-corrected chi connectivity index (χ1v) is 12.4. The van der Waals surface area contributed by atoms with Crippen molar-refractivity contribution in [2.45, 2.75) is 31.8 Å². The fraction of sp³-hybridized carbons (Fsp3) is 0.280. The van der Waals surface area contributed by atoms with Crippen LogP contribution >= 0.6 is 0 Å². The number of hydrogen-bond acceptors (Lipinski definition) is 5. The second-order valence-electron chi connectivity index (χ2n) is 7.76. The van der Waals surface area contributed by atoms with Crippen LogP contribution in [0.2, 0.25) is 0 Å². The minimum Gasteiger partial charge on any atom is -0.489 e. The second-order valence-corrected chi connectivity index (χ2v) is 9.70. The number of nitrogens with zero attached hydrogens (tertiary/aromatic N) is 3. The van der Waals surface area contributed by atoms with Gasteiger partial charge >= 0.3 is 0 Å². The van der Waals surface area contributed by atoms with Gasteiger partial charge in [0, 0.05) is 48.8 Å². The van der Waals surface area contributed by atoms with Crippen molar-refractivity contribution in [2.24, 2.45) is 0 Å². The summed E-state index contributed by atoms with van der Waals surface area (Å²) >= 11 is 0. The van der Waals surface area contributed by atoms with Gasteiger partial charge in [-0.25, -0.2) is 8.42 Å². The molecule has 2 heterocycles. The number of benzene rings is 2. The highest BCUT2D eigenvalue weighted by molar-refractivity contribution is 7.89. The van der Waals surface area contributed by atoms with Gasteiger partial charge in [0.05, 0.1) is 4.90 Å². The average Bonchev–Trinajstić information content (AvgIpc) is 3.27. The van der Waals surface area contributed by atoms with Crippen LogP contribution in [0.1, 0.15) is 35.3 Å². The van der Waals surface area contributed by atoms with Crippen molar-refractivity contribution >= 4 is 21.6 Å². The molecule has 1 aliphatic rings. The highest BCUT2D eigenvalue weighted by atomic mass is 32.2. The van der Waals surface area contributed by atoms with Crippen LogP contribution in [0.25, 0.3) is 0 Å². The fourth-order valence-corrected chi connectivity index (χ4v) is 5.50. The fourth-order valence-electron chi connectivity index (χ4n) is 3.99. The molecule has 4 rings (SSSR count). The third kappa shape index (κ3) is 4.77. The topological polar surface area (TPSA) is 79.8 Å². The highest BCUT2D eigenvalue weighted by Gasteiger charge is 2.29. The summed E-state index contributed by atoms with van der Waals surface area (Å²) in [6, 6.07) is 15.9. The molecule has 1 amide bonds. The van der Waals surface area contributed by atoms with E-state index in [-0.39, 0.29) is 10.8 Å². The number of ether oxygens (including phenoxy) is 1. The zero-order valence-corrected chi connectivity index (χ0v) is 19.6. The molecule has 0 bridgehead atoms. The predicted octanol–water partition coefficient (Wildman–Crippen LogP) is 3.89. The van der Waals surface area contributed by atoms with Crippen molar-refractivity contribution < 1.29 is 17.9 Å². The minimum absolute atomic E-state index is 0.139. The summed E-state index contributed by atoms with van der Waals surface area (Å²) in [5, 5.41) is 0. The zero-order valence-electron chi connectivity index (χ0n) is 18.8. The summed E-state index contributed by atoms with van der Waals surface area (Å²) < 4.78 is 33.0. The lowest BCUT2D eigenvalue weighted by atomic mass is 10.1. The minimum atomic E-state index is -3.54. The second kappa shape index (κ2) is 9.72. The van der Waals surface area contributed by atoms with Crippen LogP contribution in [0.3, 0.4) is 0 Å². The molecule has 0 N–H and O–H groups in total. The number of amides is 1. The summed E-state index contributed by atoms with van der Waals surface area (Å²) in [4.78, 5) is 19.3. The first kappa shape index (κ1) is 22.9. The number of rotatable bonds is 8. The predicted molar refractivity (Wildman–Crippen MR) is 127 cm³/mol. The van der Waals surface area contributed by atoms with E-state index in [0.29, 0.717) is 44.0 Å². The molecule has 0 radical (unpaired) electrons. The van der Waals surface area contributed by atoms with Crippen molar-refractivity contribution in [2.75, 3.05) is 24.5 Å². The largest absolute Gasteiger partial charge is 0.489 e. The summed E-state index contributed by atoms with van der Waals surface area (Å²) in [5.74, 6) is 0.463. The third-order valence-corrected chi connectivity index (χ3v) is 7.79. The maximum absolute atomic E-state index is 13.3. The molecule has 2 aromatic carbocycles. The number of carbonyl (C=O) groups is 1. The Morgan fingerprint density at radius 3 is 2.64 bits per heavy atom. The van der Waals surface area contributed by atoms with E-state index in [1.165, 1.54) is 4.31 Å². The van der Waals surface area contributed by atoms with Crippen molar-refractivity contribution in [3.63, 3.8) is 0 Å². The number of anilines is 1. The molecule has 0 saturated heterocycles. The molecule has 0 aliphatic carbocycles. The van der Waals surface area contributed by atoms with E-state index in [2.05, 4.69) is 4.98 Å². The number of sulfonamides is 1. The van der Waals surface area contributed by atoms with E-state index < -0.39 is 10.0 Å². The Morgan fingerprint density at radius 2 is 1.91 bits per heavy atom. The Morgan fingerprint density at radius 1 is 1.09 bits per heavy atom. The summed E-state index contributed by atoms with van der Waals surface area (Å²) in [5.41, 5.74) is 3.07. The third-order valence-electron chi connectivity index (χ3n) is 5.74. The van der Waals surface area contributed by atoms with Gasteiger partial charge in [-0.15, -0.1) is 0 Å². The van der Waals surface area contributed by atoms with E-state index in [1.807, 2.05) is 32.0 Å². The van der Waals surface area contributed by atoms with Crippen LogP contribution in [-0.2, 0) is 23.1 Å². The van der Waals surface area contributed by atoms with Gasteiger partial charge in [0.2, 0.25) is 10.0 Å².